The Hall–Kier alpha value is -2.66. The van der Waals surface area contributed by atoms with Crippen molar-refractivity contribution in [3.8, 4) is 0 Å². The number of anilines is 1. The molecular formula is C23H24ClN3O2. The lowest BCUT2D eigenvalue weighted by Crippen LogP contribution is -2.43. The fourth-order valence-corrected chi connectivity index (χ4v) is 4.07. The summed E-state index contributed by atoms with van der Waals surface area (Å²) in [5.74, 6) is -0.434. The summed E-state index contributed by atoms with van der Waals surface area (Å²) in [6.07, 6.45) is 2.61. The van der Waals surface area contributed by atoms with Gasteiger partial charge in [-0.1, -0.05) is 23.7 Å². The monoisotopic (exact) mass is 409 g/mol. The number of fused-ring (bicyclic) bond motifs is 2. The van der Waals surface area contributed by atoms with Crippen LogP contribution in [0.3, 0.4) is 0 Å². The summed E-state index contributed by atoms with van der Waals surface area (Å²) in [5.41, 5.74) is 5.62. The summed E-state index contributed by atoms with van der Waals surface area (Å²) >= 11 is 5.91. The summed E-state index contributed by atoms with van der Waals surface area (Å²) in [7, 11) is 0. The molecule has 0 radical (unpaired) electrons. The molecule has 1 fully saturated rings. The zero-order valence-corrected chi connectivity index (χ0v) is 17.4. The van der Waals surface area contributed by atoms with Gasteiger partial charge in [0.2, 0.25) is 11.8 Å². The van der Waals surface area contributed by atoms with Gasteiger partial charge in [-0.2, -0.15) is 0 Å². The molecular weight excluding hydrogens is 386 g/mol. The highest BCUT2D eigenvalue weighted by atomic mass is 35.5. The number of halogens is 1. The van der Waals surface area contributed by atoms with Gasteiger partial charge in [-0.05, 0) is 74.1 Å². The minimum Gasteiger partial charge on any atom is -0.350 e. The van der Waals surface area contributed by atoms with Crippen molar-refractivity contribution in [1.82, 2.24) is 5.32 Å². The molecule has 6 heteroatoms. The Morgan fingerprint density at radius 2 is 1.93 bits per heavy atom. The Morgan fingerprint density at radius 1 is 1.21 bits per heavy atom. The number of carbonyl (C=O) groups excluding carboxylic acids is 2. The number of amides is 2. The first kappa shape index (κ1) is 19.6. The van der Waals surface area contributed by atoms with Crippen LogP contribution in [0, 0.1) is 19.8 Å². The van der Waals surface area contributed by atoms with Crippen LogP contribution in [0.4, 0.5) is 11.4 Å². The minimum atomic E-state index is -0.216. The molecule has 2 amide bonds. The van der Waals surface area contributed by atoms with Crippen LogP contribution >= 0.6 is 11.6 Å². The molecule has 2 aromatic rings. The zero-order chi connectivity index (χ0) is 20.5. The van der Waals surface area contributed by atoms with E-state index in [-0.39, 0.29) is 24.3 Å². The van der Waals surface area contributed by atoms with Gasteiger partial charge in [0.1, 0.15) is 6.54 Å². The summed E-state index contributed by atoms with van der Waals surface area (Å²) in [6.45, 7) is 4.43. The van der Waals surface area contributed by atoms with Gasteiger partial charge in [-0.15, -0.1) is 0 Å². The molecule has 1 heterocycles. The van der Waals surface area contributed by atoms with E-state index in [4.69, 9.17) is 16.6 Å². The molecule has 0 unspecified atom stereocenters. The molecule has 0 saturated heterocycles. The van der Waals surface area contributed by atoms with Gasteiger partial charge in [-0.3, -0.25) is 14.6 Å². The van der Waals surface area contributed by atoms with E-state index in [0.29, 0.717) is 11.6 Å². The van der Waals surface area contributed by atoms with Crippen molar-refractivity contribution in [2.24, 2.45) is 10.9 Å². The molecule has 1 atom stereocenters. The van der Waals surface area contributed by atoms with Gasteiger partial charge in [0.25, 0.3) is 0 Å². The number of carbonyl (C=O) groups is 2. The number of hydrogen-bond donors (Lipinski definition) is 1. The van der Waals surface area contributed by atoms with Crippen molar-refractivity contribution in [2.75, 3.05) is 11.4 Å². The highest BCUT2D eigenvalue weighted by Crippen LogP contribution is 2.39. The molecule has 1 aliphatic carbocycles. The van der Waals surface area contributed by atoms with Crippen molar-refractivity contribution in [2.45, 2.75) is 39.7 Å². The average Bonchev–Trinajstić information content (AvgIpc) is 3.12. The van der Waals surface area contributed by atoms with E-state index in [1.165, 1.54) is 0 Å². The SMILES string of the molecule is Cc1cc2c(cc1C)N(CC(=O)NCc1ccc(Cl)cc1)C(=O)[C@@H]1CCCC1=N2. The third kappa shape index (κ3) is 4.06. The number of nitrogens with zero attached hydrogens (tertiary/aromatic N) is 2. The number of aryl methyl sites for hydroxylation is 2. The number of hydrogen-bond acceptors (Lipinski definition) is 3. The maximum absolute atomic E-state index is 13.3. The Morgan fingerprint density at radius 3 is 2.69 bits per heavy atom. The van der Waals surface area contributed by atoms with Crippen molar-refractivity contribution < 1.29 is 9.59 Å². The third-order valence-corrected chi connectivity index (χ3v) is 5.99. The quantitative estimate of drug-likeness (QED) is 0.808. The topological polar surface area (TPSA) is 61.8 Å². The van der Waals surface area contributed by atoms with Crippen molar-refractivity contribution in [1.29, 1.82) is 0 Å². The van der Waals surface area contributed by atoms with E-state index in [1.54, 1.807) is 17.0 Å². The van der Waals surface area contributed by atoms with Gasteiger partial charge < -0.3 is 10.2 Å². The van der Waals surface area contributed by atoms with Crippen molar-refractivity contribution >= 4 is 40.5 Å². The Bertz CT molecular complexity index is 998. The fourth-order valence-electron chi connectivity index (χ4n) is 3.95. The van der Waals surface area contributed by atoms with E-state index in [2.05, 4.69) is 5.32 Å². The lowest BCUT2D eigenvalue weighted by atomic mass is 10.0. The van der Waals surface area contributed by atoms with Crippen LogP contribution < -0.4 is 10.2 Å². The van der Waals surface area contributed by atoms with Crippen LogP contribution in [-0.4, -0.2) is 24.1 Å². The first-order valence-electron chi connectivity index (χ1n) is 9.93. The summed E-state index contributed by atoms with van der Waals surface area (Å²) < 4.78 is 0. The van der Waals surface area contributed by atoms with E-state index >= 15 is 0 Å². The molecule has 5 nitrogen and oxygen atoms in total. The predicted octanol–water partition coefficient (Wildman–Crippen LogP) is 4.49. The molecule has 1 aliphatic heterocycles. The first-order chi connectivity index (χ1) is 13.9. The molecule has 1 N–H and O–H groups in total. The normalized spacial score (nSPS) is 18.0. The van der Waals surface area contributed by atoms with Gasteiger partial charge in [0.05, 0.1) is 17.3 Å². The van der Waals surface area contributed by atoms with Gasteiger partial charge in [-0.25, -0.2) is 0 Å². The van der Waals surface area contributed by atoms with E-state index in [1.807, 2.05) is 38.1 Å². The second-order valence-electron chi connectivity index (χ2n) is 7.80. The molecule has 0 bridgehead atoms. The van der Waals surface area contributed by atoms with E-state index < -0.39 is 0 Å². The summed E-state index contributed by atoms with van der Waals surface area (Å²) in [5, 5.41) is 3.57. The van der Waals surface area contributed by atoms with Crippen LogP contribution in [0.15, 0.2) is 41.4 Å². The number of benzene rings is 2. The Balaban J connectivity index is 1.57. The molecule has 2 aliphatic rings. The zero-order valence-electron chi connectivity index (χ0n) is 16.7. The van der Waals surface area contributed by atoms with E-state index in [9.17, 15) is 9.59 Å². The molecule has 1 saturated carbocycles. The largest absolute Gasteiger partial charge is 0.350 e. The standard InChI is InChI=1S/C23H24ClN3O2/c1-14-10-20-21(11-15(14)2)27(23(29)18-4-3-5-19(18)26-20)13-22(28)25-12-16-6-8-17(24)9-7-16/h6-11,18H,3-5,12-13H2,1-2H3,(H,25,28)/t18-/m1/s1. The van der Waals surface area contributed by atoms with E-state index in [0.717, 1.165) is 53.0 Å². The predicted molar refractivity (Wildman–Crippen MR) is 116 cm³/mol. The van der Waals surface area contributed by atoms with Gasteiger partial charge in [0, 0.05) is 17.3 Å². The number of nitrogens with one attached hydrogen (secondary N) is 1. The lowest BCUT2D eigenvalue weighted by molar-refractivity contribution is -0.124. The Kier molecular flexibility index (Phi) is 5.41. The maximum Gasteiger partial charge on any atom is 0.240 e. The highest BCUT2D eigenvalue weighted by molar-refractivity contribution is 6.30. The smallest absolute Gasteiger partial charge is 0.240 e. The van der Waals surface area contributed by atoms with Crippen LogP contribution in [0.25, 0.3) is 0 Å². The number of aliphatic imine (C=N–C) groups is 1. The lowest BCUT2D eigenvalue weighted by Gasteiger charge is -2.25. The summed E-state index contributed by atoms with van der Waals surface area (Å²) in [4.78, 5) is 32.4. The molecule has 2 aromatic carbocycles. The number of rotatable bonds is 4. The average molecular weight is 410 g/mol. The molecule has 0 aromatic heterocycles. The molecule has 29 heavy (non-hydrogen) atoms. The van der Waals surface area contributed by atoms with Gasteiger partial charge in [0.15, 0.2) is 0 Å². The second-order valence-corrected chi connectivity index (χ2v) is 8.24. The van der Waals surface area contributed by atoms with Crippen LogP contribution in [-0.2, 0) is 16.1 Å². The fraction of sp³-hybridized carbons (Fsp3) is 0.348. The van der Waals surface area contributed by atoms with Crippen LogP contribution in [0.1, 0.15) is 36.0 Å². The maximum atomic E-state index is 13.3. The minimum absolute atomic E-state index is 0.0127. The van der Waals surface area contributed by atoms with Crippen LogP contribution in [0.2, 0.25) is 5.02 Å². The molecule has 4 rings (SSSR count). The molecule has 0 spiro atoms. The summed E-state index contributed by atoms with van der Waals surface area (Å²) in [6, 6.07) is 11.3. The second kappa shape index (κ2) is 7.99. The van der Waals surface area contributed by atoms with Crippen LogP contribution in [0.5, 0.6) is 0 Å². The first-order valence-corrected chi connectivity index (χ1v) is 10.3. The third-order valence-electron chi connectivity index (χ3n) is 5.74. The Labute approximate surface area is 175 Å². The molecule has 150 valence electrons. The van der Waals surface area contributed by atoms with Crippen molar-refractivity contribution in [3.63, 3.8) is 0 Å². The highest BCUT2D eigenvalue weighted by Gasteiger charge is 2.37. The van der Waals surface area contributed by atoms with Gasteiger partial charge >= 0.3 is 0 Å². The van der Waals surface area contributed by atoms with Crippen molar-refractivity contribution in [3.05, 3.63) is 58.1 Å².